The number of piperidine rings is 1. The summed E-state index contributed by atoms with van der Waals surface area (Å²) < 4.78 is 253. The number of nitrogens with zero attached hydrogens (tertiary/aromatic N) is 1. The van der Waals surface area contributed by atoms with Crippen LogP contribution in [0.25, 0.3) is 0 Å². The zero-order chi connectivity index (χ0) is 47.0. The molecule has 3 unspecified atom stereocenters. The van der Waals surface area contributed by atoms with Crippen LogP contribution in [0.1, 0.15) is 97.1 Å². The summed E-state index contributed by atoms with van der Waals surface area (Å²) in [5.74, 6) is -18.6. The molecule has 4 atom stereocenters. The predicted molar refractivity (Wildman–Crippen MR) is 118 cm³/mol. The van der Waals surface area contributed by atoms with Crippen molar-refractivity contribution >= 4 is 5.97 Å². The number of hydrogen-bond acceptors (Lipinski definition) is 6. The van der Waals surface area contributed by atoms with Gasteiger partial charge in [-0.1, -0.05) is 27.4 Å². The van der Waals surface area contributed by atoms with E-state index in [1.54, 1.807) is 0 Å². The summed E-state index contributed by atoms with van der Waals surface area (Å²) in [5, 5.41) is 0. The summed E-state index contributed by atoms with van der Waals surface area (Å²) in [4.78, 5) is 14.0. The minimum Gasteiger partial charge on any atom is -0.493 e. The molecule has 0 bridgehead atoms. The molecule has 1 aromatic rings. The number of carbonyl (C=O) groups is 1. The van der Waals surface area contributed by atoms with Gasteiger partial charge in [0.05, 0.1) is 25.0 Å². The summed E-state index contributed by atoms with van der Waals surface area (Å²) in [6, 6.07) is -6.96. The van der Waals surface area contributed by atoms with Crippen LogP contribution < -0.4 is 15.2 Å². The molecule has 0 spiro atoms. The van der Waals surface area contributed by atoms with E-state index in [9.17, 15) is 13.0 Å². The highest BCUT2D eigenvalue weighted by molar-refractivity contribution is 5.76. The fourth-order valence-corrected chi connectivity index (χ4v) is 2.94. The quantitative estimate of drug-likeness (QED) is 0.644. The van der Waals surface area contributed by atoms with Gasteiger partial charge in [-0.05, 0) is 47.8 Å². The third-order valence-corrected chi connectivity index (χ3v) is 4.28. The van der Waals surface area contributed by atoms with Crippen molar-refractivity contribution in [3.63, 3.8) is 0 Å². The summed E-state index contributed by atoms with van der Waals surface area (Å²) in [6.45, 7) is -22.7. The van der Waals surface area contributed by atoms with E-state index in [0.29, 0.717) is 6.07 Å². The monoisotopic (exact) mass is 447 g/mol. The van der Waals surface area contributed by atoms with Crippen molar-refractivity contribution in [2.24, 2.45) is 23.4 Å². The largest absolute Gasteiger partial charge is 0.493 e. The van der Waals surface area contributed by atoms with Crippen LogP contribution in [0.5, 0.6) is 11.5 Å². The molecular weight excluding hydrogens is 380 g/mol. The number of hydrogen-bond donors (Lipinski definition) is 1. The first-order chi connectivity index (χ1) is 25.5. The molecule has 0 aliphatic carbocycles. The van der Waals surface area contributed by atoms with Gasteiger partial charge in [-0.2, -0.15) is 0 Å². The molecule has 1 aromatic carbocycles. The van der Waals surface area contributed by atoms with Crippen LogP contribution in [0.3, 0.4) is 0 Å². The fourth-order valence-electron chi connectivity index (χ4n) is 2.94. The first kappa shape index (κ1) is 5.96. The second-order valence-electron chi connectivity index (χ2n) is 6.15. The predicted octanol–water partition coefficient (Wildman–Crippen LogP) is 3.56. The molecular formula is C24H38N2O4. The molecule has 30 heavy (non-hydrogen) atoms. The Morgan fingerprint density at radius 2 is 2.13 bits per heavy atom. The van der Waals surface area contributed by atoms with Crippen LogP contribution in [0, 0.1) is 17.7 Å². The lowest BCUT2D eigenvalue weighted by atomic mass is 9.79. The van der Waals surface area contributed by atoms with Gasteiger partial charge in [-0.15, -0.1) is 0 Å². The molecule has 2 aliphatic heterocycles. The zero-order valence-electron chi connectivity index (χ0n) is 44.3. The Hall–Kier alpha value is -1.79. The Morgan fingerprint density at radius 3 is 2.83 bits per heavy atom. The number of fused-ring (bicyclic) bond motifs is 3. The molecule has 3 rings (SSSR count). The number of methoxy groups -OCH3 is 2. The molecule has 6 heteroatoms. The SMILES string of the molecule is [2H]C([2H])([2H])Oc1cc2c(cc1OC([2H])([2H])[2H])C1([2H])N(CC2)C([2H])([2H])C([2H])(C([2H])([2H])C([2H])(C([2H])([2H])[2H])C([2H])([2H])[2H])C(OC(=O)[C@@]([2H])(N)C([2H])(C([2H])([2H])[2H])C([2H])([2H])[2H])C1([2H])[2H]. The molecule has 1 fully saturated rings. The maximum Gasteiger partial charge on any atom is 0.323 e. The number of esters is 1. The smallest absolute Gasteiger partial charge is 0.323 e. The van der Waals surface area contributed by atoms with Gasteiger partial charge < -0.3 is 19.9 Å². The number of ether oxygens (including phenoxy) is 3. The average Bonchev–Trinajstić information content (AvgIpc) is 2.98. The highest BCUT2D eigenvalue weighted by atomic mass is 16.5. The Bertz CT molecular complexity index is 1760. The minimum atomic E-state index is -4.88. The summed E-state index contributed by atoms with van der Waals surface area (Å²) in [6.07, 6.45) is -13.7. The van der Waals surface area contributed by atoms with Gasteiger partial charge in [0.2, 0.25) is 0 Å². The van der Waals surface area contributed by atoms with Gasteiger partial charge in [-0.3, -0.25) is 9.69 Å². The molecule has 0 amide bonds. The van der Waals surface area contributed by atoms with E-state index in [4.69, 9.17) is 51.5 Å². The lowest BCUT2D eigenvalue weighted by Crippen LogP contribution is -2.51. The average molecular weight is 448 g/mol. The Kier molecular flexibility index (Phi) is 1.90. The van der Waals surface area contributed by atoms with E-state index >= 15 is 0 Å². The third kappa shape index (κ3) is 4.75. The molecule has 2 heterocycles. The number of rotatable bonds is 7. The number of benzene rings is 1. The van der Waals surface area contributed by atoms with E-state index in [2.05, 4.69) is 0 Å². The van der Waals surface area contributed by atoms with Crippen molar-refractivity contribution in [1.29, 1.82) is 0 Å². The summed E-state index contributed by atoms with van der Waals surface area (Å²) in [7, 11) is -6.77. The Balaban J connectivity index is 2.63. The highest BCUT2D eigenvalue weighted by Crippen LogP contribution is 2.44. The van der Waals surface area contributed by atoms with Crippen LogP contribution in [0.15, 0.2) is 12.1 Å². The van der Waals surface area contributed by atoms with E-state index in [0.717, 1.165) is 6.07 Å². The maximum absolute atomic E-state index is 14.0. The van der Waals surface area contributed by atoms with Gasteiger partial charge in [0.15, 0.2) is 11.5 Å². The van der Waals surface area contributed by atoms with E-state index in [-0.39, 0.29) is 10.5 Å². The normalized spacial score (nSPS) is 52.2. The van der Waals surface area contributed by atoms with Gasteiger partial charge >= 0.3 is 5.97 Å². The molecule has 1 saturated heterocycles. The standard InChI is InChI=1S/C24H38N2O4/c1-14(2)9-17-13-26-8-7-16-10-21(28-5)22(29-6)11-18(16)19(26)12-20(17)30-24(27)23(25)15(3)4/h10-11,14-15,17,19-20,23H,7-9,12-13,25H2,1-6H3/t17?,19?,20?,23-/m0/s1/i1D3,2D3,3D3,4D3,5D3,6D3,9D2,12D2,13D2,14D,15D,17D,19D,23D. The number of nitrogens with two attached hydrogens (primary N) is 1. The topological polar surface area (TPSA) is 74.0 Å². The van der Waals surface area contributed by atoms with E-state index in [1.807, 2.05) is 0 Å². The van der Waals surface area contributed by atoms with Crippen molar-refractivity contribution < 1.29 is 58.8 Å². The molecule has 0 saturated carbocycles. The molecule has 0 aromatic heterocycles. The van der Waals surface area contributed by atoms with Crippen molar-refractivity contribution in [2.75, 3.05) is 27.1 Å². The maximum atomic E-state index is 14.0. The van der Waals surface area contributed by atoms with Gasteiger partial charge in [0.25, 0.3) is 0 Å². The van der Waals surface area contributed by atoms with Crippen molar-refractivity contribution in [2.45, 2.75) is 64.7 Å². The lowest BCUT2D eigenvalue weighted by Gasteiger charge is -2.47. The first-order valence-corrected chi connectivity index (χ1v) is 8.35. The van der Waals surface area contributed by atoms with Crippen LogP contribution in [-0.4, -0.2) is 50.1 Å². The molecule has 168 valence electrons. The zero-order valence-corrected chi connectivity index (χ0v) is 15.3. The second-order valence-corrected chi connectivity index (χ2v) is 6.15. The van der Waals surface area contributed by atoms with E-state index < -0.39 is 133 Å². The lowest BCUT2D eigenvalue weighted by molar-refractivity contribution is -0.160. The van der Waals surface area contributed by atoms with Crippen LogP contribution in [0.2, 0.25) is 0 Å². The summed E-state index contributed by atoms with van der Waals surface area (Å²) in [5.41, 5.74) is 4.31. The Labute approximate surface area is 221 Å². The number of carbonyl (C=O) groups excluding carboxylic acids is 1. The van der Waals surface area contributed by atoms with Crippen molar-refractivity contribution in [3.05, 3.63) is 23.3 Å². The van der Waals surface area contributed by atoms with E-state index in [1.165, 1.54) is 0 Å². The molecule has 6 nitrogen and oxygen atoms in total. The highest BCUT2D eigenvalue weighted by Gasteiger charge is 2.41. The van der Waals surface area contributed by atoms with Crippen LogP contribution in [-0.2, 0) is 16.0 Å². The fraction of sp³-hybridized carbons (Fsp3) is 0.708. The van der Waals surface area contributed by atoms with Gasteiger partial charge in [-0.25, -0.2) is 0 Å². The van der Waals surface area contributed by atoms with Crippen molar-refractivity contribution in [1.82, 2.24) is 4.90 Å². The molecule has 2 aliphatic rings. The van der Waals surface area contributed by atoms with Crippen LogP contribution in [0.4, 0.5) is 0 Å². The van der Waals surface area contributed by atoms with Gasteiger partial charge in [0.1, 0.15) is 12.1 Å². The molecule has 2 N–H and O–H groups in total. The minimum absolute atomic E-state index is 0.0103. The van der Waals surface area contributed by atoms with Crippen molar-refractivity contribution in [3.8, 4) is 11.5 Å². The van der Waals surface area contributed by atoms with Crippen LogP contribution >= 0.6 is 0 Å². The first-order valence-electron chi connectivity index (χ1n) is 22.8. The Morgan fingerprint density at radius 1 is 1.37 bits per heavy atom. The van der Waals surface area contributed by atoms with Gasteiger partial charge in [0, 0.05) is 60.1 Å². The summed E-state index contributed by atoms with van der Waals surface area (Å²) >= 11 is 0. The third-order valence-electron chi connectivity index (χ3n) is 4.28. The molecule has 0 radical (unpaired) electrons. The second kappa shape index (κ2) is 9.56.